The van der Waals surface area contributed by atoms with E-state index in [-0.39, 0.29) is 6.42 Å². The molecular weight excluding hydrogens is 262 g/mol. The Balaban J connectivity index is 2.49. The highest BCUT2D eigenvalue weighted by Crippen LogP contribution is 2.20. The van der Waals surface area contributed by atoms with Gasteiger partial charge in [0.2, 0.25) is 0 Å². The van der Waals surface area contributed by atoms with Crippen LogP contribution < -0.4 is 4.90 Å². The standard InChI is InChI=1S/C18H29NO2/c1-3-4-5-6-7-10-14-19(15-13-18(20)21)17-12-9-8-11-16(17)2/h8-9,11-12H,3-7,10,13-15H2,1-2H3,(H,20,21). The minimum Gasteiger partial charge on any atom is -0.481 e. The van der Waals surface area contributed by atoms with Gasteiger partial charge in [0.15, 0.2) is 0 Å². The van der Waals surface area contributed by atoms with Gasteiger partial charge in [0.05, 0.1) is 6.42 Å². The quantitative estimate of drug-likeness (QED) is 0.604. The summed E-state index contributed by atoms with van der Waals surface area (Å²) < 4.78 is 0. The molecule has 0 heterocycles. The largest absolute Gasteiger partial charge is 0.481 e. The number of carboxylic acid groups (broad SMARTS) is 1. The Bertz CT molecular complexity index is 417. The number of para-hydroxylation sites is 1. The first kappa shape index (κ1) is 17.5. The van der Waals surface area contributed by atoms with E-state index in [1.165, 1.54) is 43.4 Å². The third kappa shape index (κ3) is 7.16. The van der Waals surface area contributed by atoms with Crippen LogP contribution in [0.25, 0.3) is 0 Å². The fourth-order valence-electron chi connectivity index (χ4n) is 2.58. The van der Waals surface area contributed by atoms with Gasteiger partial charge in [0, 0.05) is 18.8 Å². The maximum Gasteiger partial charge on any atom is 0.305 e. The molecular formula is C18H29NO2. The summed E-state index contributed by atoms with van der Waals surface area (Å²) in [7, 11) is 0. The van der Waals surface area contributed by atoms with Crippen LogP contribution >= 0.6 is 0 Å². The minimum absolute atomic E-state index is 0.199. The van der Waals surface area contributed by atoms with E-state index in [2.05, 4.69) is 30.9 Å². The van der Waals surface area contributed by atoms with Gasteiger partial charge < -0.3 is 10.0 Å². The Morgan fingerprint density at radius 2 is 1.71 bits per heavy atom. The van der Waals surface area contributed by atoms with E-state index in [9.17, 15) is 4.79 Å². The molecule has 0 unspecified atom stereocenters. The van der Waals surface area contributed by atoms with Crippen molar-refractivity contribution in [3.8, 4) is 0 Å². The van der Waals surface area contributed by atoms with Crippen molar-refractivity contribution in [3.63, 3.8) is 0 Å². The summed E-state index contributed by atoms with van der Waals surface area (Å²) in [5, 5.41) is 8.92. The number of unbranched alkanes of at least 4 members (excludes halogenated alkanes) is 5. The Morgan fingerprint density at radius 1 is 1.05 bits per heavy atom. The van der Waals surface area contributed by atoms with Crippen molar-refractivity contribution in [2.24, 2.45) is 0 Å². The lowest BCUT2D eigenvalue weighted by atomic mass is 10.1. The second kappa shape index (κ2) is 10.3. The maximum absolute atomic E-state index is 10.8. The van der Waals surface area contributed by atoms with E-state index in [0.717, 1.165) is 13.0 Å². The maximum atomic E-state index is 10.8. The molecule has 3 heteroatoms. The molecule has 0 fully saturated rings. The molecule has 0 saturated carbocycles. The summed E-state index contributed by atoms with van der Waals surface area (Å²) in [4.78, 5) is 13.1. The van der Waals surface area contributed by atoms with E-state index in [4.69, 9.17) is 5.11 Å². The summed E-state index contributed by atoms with van der Waals surface area (Å²) in [5.41, 5.74) is 2.39. The second-order valence-electron chi connectivity index (χ2n) is 5.69. The molecule has 1 rings (SSSR count). The molecule has 1 aromatic carbocycles. The van der Waals surface area contributed by atoms with Crippen molar-refractivity contribution in [1.82, 2.24) is 0 Å². The zero-order valence-electron chi connectivity index (χ0n) is 13.5. The van der Waals surface area contributed by atoms with Crippen LogP contribution in [-0.2, 0) is 4.79 Å². The minimum atomic E-state index is -0.725. The normalized spacial score (nSPS) is 10.6. The monoisotopic (exact) mass is 291 g/mol. The van der Waals surface area contributed by atoms with Crippen LogP contribution in [0.4, 0.5) is 5.69 Å². The molecule has 1 N–H and O–H groups in total. The summed E-state index contributed by atoms with van der Waals surface area (Å²) in [6, 6.07) is 8.23. The van der Waals surface area contributed by atoms with E-state index < -0.39 is 5.97 Å². The van der Waals surface area contributed by atoms with Gasteiger partial charge in [0.1, 0.15) is 0 Å². The first-order valence-electron chi connectivity index (χ1n) is 8.17. The number of benzene rings is 1. The molecule has 1 aromatic rings. The van der Waals surface area contributed by atoms with Crippen molar-refractivity contribution in [2.75, 3.05) is 18.0 Å². The predicted octanol–water partition coefficient (Wildman–Crippen LogP) is 4.64. The molecule has 0 saturated heterocycles. The van der Waals surface area contributed by atoms with Crippen LogP contribution in [-0.4, -0.2) is 24.2 Å². The second-order valence-corrected chi connectivity index (χ2v) is 5.69. The van der Waals surface area contributed by atoms with Gasteiger partial charge in [-0.1, -0.05) is 57.2 Å². The molecule has 0 aliphatic heterocycles. The van der Waals surface area contributed by atoms with Crippen LogP contribution in [0.1, 0.15) is 57.4 Å². The third-order valence-corrected chi connectivity index (χ3v) is 3.83. The molecule has 0 atom stereocenters. The van der Waals surface area contributed by atoms with Crippen LogP contribution in [0.2, 0.25) is 0 Å². The average molecular weight is 291 g/mol. The van der Waals surface area contributed by atoms with Crippen LogP contribution in [0.3, 0.4) is 0 Å². The topological polar surface area (TPSA) is 40.5 Å². The highest BCUT2D eigenvalue weighted by molar-refractivity contribution is 5.68. The summed E-state index contributed by atoms with van der Waals surface area (Å²) in [5.74, 6) is -0.725. The molecule has 3 nitrogen and oxygen atoms in total. The van der Waals surface area contributed by atoms with Gasteiger partial charge in [0.25, 0.3) is 0 Å². The molecule has 118 valence electrons. The lowest BCUT2D eigenvalue weighted by Gasteiger charge is -2.26. The summed E-state index contributed by atoms with van der Waals surface area (Å²) >= 11 is 0. The molecule has 0 aliphatic rings. The lowest BCUT2D eigenvalue weighted by molar-refractivity contribution is -0.136. The predicted molar refractivity (Wildman–Crippen MR) is 89.0 cm³/mol. The number of anilines is 1. The fourth-order valence-corrected chi connectivity index (χ4v) is 2.58. The fraction of sp³-hybridized carbons (Fsp3) is 0.611. The number of aryl methyl sites for hydroxylation is 1. The molecule has 0 aromatic heterocycles. The van der Waals surface area contributed by atoms with Gasteiger partial charge in [-0.25, -0.2) is 0 Å². The first-order valence-corrected chi connectivity index (χ1v) is 8.17. The van der Waals surface area contributed by atoms with Gasteiger partial charge in [-0.2, -0.15) is 0 Å². The number of carboxylic acids is 1. The van der Waals surface area contributed by atoms with Crippen molar-refractivity contribution in [1.29, 1.82) is 0 Å². The van der Waals surface area contributed by atoms with Crippen molar-refractivity contribution in [3.05, 3.63) is 29.8 Å². The van der Waals surface area contributed by atoms with Crippen molar-refractivity contribution < 1.29 is 9.90 Å². The Kier molecular flexibility index (Phi) is 8.56. The molecule has 0 amide bonds. The van der Waals surface area contributed by atoms with Crippen molar-refractivity contribution in [2.45, 2.75) is 58.8 Å². The Labute approximate surface area is 129 Å². The molecule has 0 aliphatic carbocycles. The average Bonchev–Trinajstić information content (AvgIpc) is 2.46. The highest BCUT2D eigenvalue weighted by Gasteiger charge is 2.10. The Hall–Kier alpha value is -1.51. The van der Waals surface area contributed by atoms with Crippen LogP contribution in [0.15, 0.2) is 24.3 Å². The van der Waals surface area contributed by atoms with E-state index in [1.54, 1.807) is 0 Å². The third-order valence-electron chi connectivity index (χ3n) is 3.83. The SMILES string of the molecule is CCCCCCCCN(CCC(=O)O)c1ccccc1C. The number of aliphatic carboxylic acids is 1. The number of hydrogen-bond acceptors (Lipinski definition) is 2. The highest BCUT2D eigenvalue weighted by atomic mass is 16.4. The van der Waals surface area contributed by atoms with E-state index >= 15 is 0 Å². The first-order chi connectivity index (χ1) is 10.1. The summed E-state index contributed by atoms with van der Waals surface area (Å²) in [6.45, 7) is 5.86. The molecule has 0 bridgehead atoms. The zero-order valence-corrected chi connectivity index (χ0v) is 13.5. The van der Waals surface area contributed by atoms with Crippen molar-refractivity contribution >= 4 is 11.7 Å². The van der Waals surface area contributed by atoms with Crippen LogP contribution in [0, 0.1) is 6.92 Å². The molecule has 0 radical (unpaired) electrons. The van der Waals surface area contributed by atoms with E-state index in [1.807, 2.05) is 12.1 Å². The van der Waals surface area contributed by atoms with Gasteiger partial charge >= 0.3 is 5.97 Å². The van der Waals surface area contributed by atoms with E-state index in [0.29, 0.717) is 6.54 Å². The smallest absolute Gasteiger partial charge is 0.305 e. The van der Waals surface area contributed by atoms with Crippen LogP contribution in [0.5, 0.6) is 0 Å². The molecule has 21 heavy (non-hydrogen) atoms. The number of rotatable bonds is 11. The molecule has 0 spiro atoms. The Morgan fingerprint density at radius 3 is 2.38 bits per heavy atom. The number of hydrogen-bond donors (Lipinski definition) is 1. The number of carbonyl (C=O) groups is 1. The lowest BCUT2D eigenvalue weighted by Crippen LogP contribution is -2.28. The zero-order chi connectivity index (χ0) is 15.5. The van der Waals surface area contributed by atoms with Gasteiger partial charge in [-0.05, 0) is 25.0 Å². The van der Waals surface area contributed by atoms with Gasteiger partial charge in [-0.15, -0.1) is 0 Å². The number of nitrogens with zero attached hydrogens (tertiary/aromatic N) is 1. The summed E-state index contributed by atoms with van der Waals surface area (Å²) in [6.07, 6.45) is 7.76. The van der Waals surface area contributed by atoms with Gasteiger partial charge in [-0.3, -0.25) is 4.79 Å².